The number of hydrogen-bond acceptors (Lipinski definition) is 5. The number of pyridine rings is 1. The standard InChI is InChI=1S/C18H16N4O3S/c19-16(23)14-7-6-13(26-14)12-4-3-9-21(12)17(24)11-10-20-15-5-1-2-8-22(15)18(11)25/h1-2,5-8,10,12H,3-4,9H2,(H2,19,23). The maximum atomic E-state index is 13.0. The Labute approximate surface area is 152 Å². The number of carbonyl (C=O) groups is 2. The van der Waals surface area contributed by atoms with Gasteiger partial charge in [0.25, 0.3) is 17.4 Å². The highest BCUT2D eigenvalue weighted by Crippen LogP contribution is 2.36. The number of hydrogen-bond donors (Lipinski definition) is 1. The van der Waals surface area contributed by atoms with Crippen molar-refractivity contribution in [2.45, 2.75) is 18.9 Å². The highest BCUT2D eigenvalue weighted by molar-refractivity contribution is 7.14. The van der Waals surface area contributed by atoms with E-state index in [1.54, 1.807) is 35.4 Å². The normalized spacial score (nSPS) is 16.9. The average Bonchev–Trinajstić information content (AvgIpc) is 3.31. The Balaban J connectivity index is 1.70. The van der Waals surface area contributed by atoms with E-state index in [9.17, 15) is 14.4 Å². The first-order chi connectivity index (χ1) is 12.6. The minimum Gasteiger partial charge on any atom is -0.365 e. The van der Waals surface area contributed by atoms with Crippen LogP contribution in [0.15, 0.2) is 47.5 Å². The Morgan fingerprint density at radius 1 is 1.23 bits per heavy atom. The van der Waals surface area contributed by atoms with Crippen molar-refractivity contribution in [2.24, 2.45) is 5.73 Å². The van der Waals surface area contributed by atoms with Crippen LogP contribution in [0.5, 0.6) is 0 Å². The van der Waals surface area contributed by atoms with Crippen molar-refractivity contribution >= 4 is 28.8 Å². The fourth-order valence-electron chi connectivity index (χ4n) is 3.30. The molecule has 0 bridgehead atoms. The number of aromatic nitrogens is 2. The van der Waals surface area contributed by atoms with Crippen LogP contribution in [0.3, 0.4) is 0 Å². The lowest BCUT2D eigenvalue weighted by atomic mass is 10.1. The van der Waals surface area contributed by atoms with Gasteiger partial charge in [-0.05, 0) is 37.1 Å². The van der Waals surface area contributed by atoms with Crippen molar-refractivity contribution in [2.75, 3.05) is 6.54 Å². The molecule has 4 heterocycles. The number of carbonyl (C=O) groups excluding carboxylic acids is 2. The van der Waals surface area contributed by atoms with Crippen molar-refractivity contribution in [1.82, 2.24) is 14.3 Å². The van der Waals surface area contributed by atoms with Gasteiger partial charge in [0.1, 0.15) is 11.2 Å². The zero-order valence-corrected chi connectivity index (χ0v) is 14.6. The third-order valence-corrected chi connectivity index (χ3v) is 5.76. The van der Waals surface area contributed by atoms with E-state index >= 15 is 0 Å². The quantitative estimate of drug-likeness (QED) is 0.762. The summed E-state index contributed by atoms with van der Waals surface area (Å²) >= 11 is 1.29. The van der Waals surface area contributed by atoms with E-state index in [1.807, 2.05) is 6.07 Å². The van der Waals surface area contributed by atoms with E-state index in [2.05, 4.69) is 4.98 Å². The minimum atomic E-state index is -0.478. The van der Waals surface area contributed by atoms with Crippen LogP contribution >= 0.6 is 11.3 Å². The summed E-state index contributed by atoms with van der Waals surface area (Å²) in [4.78, 5) is 44.3. The zero-order valence-electron chi connectivity index (χ0n) is 13.8. The third kappa shape index (κ3) is 2.68. The lowest BCUT2D eigenvalue weighted by molar-refractivity contribution is 0.0735. The molecule has 1 unspecified atom stereocenters. The van der Waals surface area contributed by atoms with Gasteiger partial charge in [-0.2, -0.15) is 0 Å². The van der Waals surface area contributed by atoms with E-state index < -0.39 is 5.91 Å². The highest BCUT2D eigenvalue weighted by Gasteiger charge is 2.33. The SMILES string of the molecule is NC(=O)c1ccc(C2CCCN2C(=O)c2cnc3ccccn3c2=O)s1. The van der Waals surface area contributed by atoms with Crippen molar-refractivity contribution in [3.8, 4) is 0 Å². The second kappa shape index (κ2) is 6.38. The lowest BCUT2D eigenvalue weighted by Gasteiger charge is -2.23. The van der Waals surface area contributed by atoms with E-state index in [0.29, 0.717) is 17.1 Å². The predicted molar refractivity (Wildman–Crippen MR) is 97.3 cm³/mol. The summed E-state index contributed by atoms with van der Waals surface area (Å²) in [5, 5.41) is 0. The van der Waals surface area contributed by atoms with Gasteiger partial charge in [0.05, 0.1) is 10.9 Å². The van der Waals surface area contributed by atoms with Crippen LogP contribution in [-0.4, -0.2) is 32.6 Å². The zero-order chi connectivity index (χ0) is 18.3. The Morgan fingerprint density at radius 2 is 2.08 bits per heavy atom. The molecule has 4 rings (SSSR count). The molecule has 26 heavy (non-hydrogen) atoms. The van der Waals surface area contributed by atoms with Gasteiger partial charge < -0.3 is 10.6 Å². The monoisotopic (exact) mass is 368 g/mol. The molecule has 0 radical (unpaired) electrons. The molecule has 8 heteroatoms. The van der Waals surface area contributed by atoms with E-state index in [4.69, 9.17) is 5.73 Å². The molecule has 3 aromatic rings. The number of nitrogens with zero attached hydrogens (tertiary/aromatic N) is 3. The van der Waals surface area contributed by atoms with Crippen LogP contribution in [-0.2, 0) is 0 Å². The Morgan fingerprint density at radius 3 is 2.85 bits per heavy atom. The molecule has 0 aromatic carbocycles. The van der Waals surface area contributed by atoms with Gasteiger partial charge in [0, 0.05) is 23.8 Å². The van der Waals surface area contributed by atoms with Crippen molar-refractivity contribution in [3.63, 3.8) is 0 Å². The van der Waals surface area contributed by atoms with Gasteiger partial charge in [-0.3, -0.25) is 18.8 Å². The van der Waals surface area contributed by atoms with Crippen molar-refractivity contribution in [3.05, 3.63) is 68.4 Å². The molecular weight excluding hydrogens is 352 g/mol. The second-order valence-corrected chi connectivity index (χ2v) is 7.24. The van der Waals surface area contributed by atoms with Crippen LogP contribution in [0.4, 0.5) is 0 Å². The number of fused-ring (bicyclic) bond motifs is 1. The third-order valence-electron chi connectivity index (χ3n) is 4.56. The number of nitrogens with two attached hydrogens (primary N) is 1. The predicted octanol–water partition coefficient (Wildman–Crippen LogP) is 1.83. The van der Waals surface area contributed by atoms with E-state index in [-0.39, 0.29) is 23.1 Å². The topological polar surface area (TPSA) is 97.8 Å². The number of rotatable bonds is 3. The molecule has 1 aliphatic rings. The summed E-state index contributed by atoms with van der Waals surface area (Å²) < 4.78 is 1.37. The summed E-state index contributed by atoms with van der Waals surface area (Å²) in [5.41, 5.74) is 5.49. The van der Waals surface area contributed by atoms with Gasteiger partial charge in [-0.15, -0.1) is 11.3 Å². The van der Waals surface area contributed by atoms with Crippen LogP contribution in [0.1, 0.15) is 43.8 Å². The minimum absolute atomic E-state index is 0.0484. The lowest BCUT2D eigenvalue weighted by Crippen LogP contribution is -2.35. The molecule has 132 valence electrons. The first-order valence-corrected chi connectivity index (χ1v) is 9.05. The molecule has 2 amide bonds. The molecule has 1 atom stereocenters. The van der Waals surface area contributed by atoms with Crippen LogP contribution in [0.25, 0.3) is 5.65 Å². The Kier molecular flexibility index (Phi) is 4.04. The van der Waals surface area contributed by atoms with Gasteiger partial charge in [0.2, 0.25) is 0 Å². The summed E-state index contributed by atoms with van der Waals surface area (Å²) in [5.74, 6) is -0.814. The molecule has 2 N–H and O–H groups in total. The van der Waals surface area contributed by atoms with Crippen molar-refractivity contribution in [1.29, 1.82) is 0 Å². The van der Waals surface area contributed by atoms with Gasteiger partial charge in [-0.1, -0.05) is 6.07 Å². The highest BCUT2D eigenvalue weighted by atomic mass is 32.1. The van der Waals surface area contributed by atoms with E-state index in [0.717, 1.165) is 17.7 Å². The summed E-state index contributed by atoms with van der Waals surface area (Å²) in [6, 6.07) is 8.57. The molecule has 3 aromatic heterocycles. The van der Waals surface area contributed by atoms with Crippen molar-refractivity contribution < 1.29 is 9.59 Å². The fourth-order valence-corrected chi connectivity index (χ4v) is 4.31. The molecule has 1 aliphatic heterocycles. The summed E-state index contributed by atoms with van der Waals surface area (Å²) in [7, 11) is 0. The largest absolute Gasteiger partial charge is 0.365 e. The maximum absolute atomic E-state index is 13.0. The first kappa shape index (κ1) is 16.5. The average molecular weight is 368 g/mol. The van der Waals surface area contributed by atoms with Gasteiger partial charge >= 0.3 is 0 Å². The van der Waals surface area contributed by atoms with Gasteiger partial charge in [0.15, 0.2) is 0 Å². The van der Waals surface area contributed by atoms with E-state index in [1.165, 1.54) is 21.9 Å². The number of primary amides is 1. The first-order valence-electron chi connectivity index (χ1n) is 8.23. The number of thiophene rings is 1. The summed E-state index contributed by atoms with van der Waals surface area (Å²) in [6.45, 7) is 0.560. The molecule has 1 saturated heterocycles. The molecule has 0 aliphatic carbocycles. The molecular formula is C18H16N4O3S. The van der Waals surface area contributed by atoms with Crippen LogP contribution < -0.4 is 11.3 Å². The molecule has 0 saturated carbocycles. The molecule has 0 spiro atoms. The summed E-state index contributed by atoms with van der Waals surface area (Å²) in [6.07, 6.45) is 4.56. The van der Waals surface area contributed by atoms with Crippen LogP contribution in [0, 0.1) is 0 Å². The smallest absolute Gasteiger partial charge is 0.270 e. The fraction of sp³-hybridized carbons (Fsp3) is 0.222. The Bertz CT molecular complexity index is 1070. The molecule has 1 fully saturated rings. The number of likely N-dealkylation sites (tertiary alicyclic amines) is 1. The Hall–Kier alpha value is -3.00. The van der Waals surface area contributed by atoms with Crippen LogP contribution in [0.2, 0.25) is 0 Å². The molecule has 7 nitrogen and oxygen atoms in total. The number of amides is 2. The second-order valence-electron chi connectivity index (χ2n) is 6.13. The van der Waals surface area contributed by atoms with Gasteiger partial charge in [-0.25, -0.2) is 4.98 Å². The maximum Gasteiger partial charge on any atom is 0.270 e.